The lowest BCUT2D eigenvalue weighted by molar-refractivity contribution is -0.115. The van der Waals surface area contributed by atoms with Crippen molar-refractivity contribution in [2.24, 2.45) is 0 Å². The zero-order chi connectivity index (χ0) is 16.1. The van der Waals surface area contributed by atoms with Crippen LogP contribution in [0, 0.1) is 0 Å². The second-order valence-electron chi connectivity index (χ2n) is 4.82. The molecule has 0 unspecified atom stereocenters. The molecule has 0 aliphatic carbocycles. The Hall–Kier alpha value is -2.95. The molecular formula is C17H15NO4. The predicted octanol–water partition coefficient (Wildman–Crippen LogP) is 2.77. The van der Waals surface area contributed by atoms with E-state index in [0.29, 0.717) is 16.8 Å². The molecule has 2 rings (SSSR count). The number of carboxylic acids is 1. The Bertz CT molecular complexity index is 737. The van der Waals surface area contributed by atoms with E-state index in [1.54, 1.807) is 42.5 Å². The van der Waals surface area contributed by atoms with Crippen LogP contribution in [0.3, 0.4) is 0 Å². The van der Waals surface area contributed by atoms with Crippen molar-refractivity contribution in [2.75, 3.05) is 5.32 Å². The van der Waals surface area contributed by atoms with Crippen LogP contribution in [0.15, 0.2) is 48.5 Å². The van der Waals surface area contributed by atoms with Gasteiger partial charge in [0.1, 0.15) is 0 Å². The van der Waals surface area contributed by atoms with Gasteiger partial charge in [-0.05, 0) is 30.7 Å². The number of anilines is 1. The number of hydrogen-bond donors (Lipinski definition) is 2. The van der Waals surface area contributed by atoms with Gasteiger partial charge >= 0.3 is 5.97 Å². The lowest BCUT2D eigenvalue weighted by Gasteiger charge is -2.08. The Morgan fingerprint density at radius 1 is 1.05 bits per heavy atom. The number of benzene rings is 2. The number of carboxylic acid groups (broad SMARTS) is 1. The number of amides is 1. The third-order valence-electron chi connectivity index (χ3n) is 3.15. The highest BCUT2D eigenvalue weighted by atomic mass is 16.4. The van der Waals surface area contributed by atoms with E-state index in [1.165, 1.54) is 13.0 Å². The van der Waals surface area contributed by atoms with Gasteiger partial charge in [-0.3, -0.25) is 9.59 Å². The molecule has 1 amide bonds. The quantitative estimate of drug-likeness (QED) is 0.831. The topological polar surface area (TPSA) is 83.5 Å². The number of carbonyl (C=O) groups is 3. The first-order chi connectivity index (χ1) is 10.5. The van der Waals surface area contributed by atoms with Gasteiger partial charge in [-0.25, -0.2) is 4.79 Å². The summed E-state index contributed by atoms with van der Waals surface area (Å²) in [5, 5.41) is 11.8. The summed E-state index contributed by atoms with van der Waals surface area (Å²) in [6.07, 6.45) is -0.0488. The number of Topliss-reactive ketones (excluding diaryl/α,β-unsaturated/α-hetero) is 1. The van der Waals surface area contributed by atoms with Crippen LogP contribution in [0.5, 0.6) is 0 Å². The number of rotatable bonds is 5. The average Bonchev–Trinajstić information content (AvgIpc) is 2.47. The van der Waals surface area contributed by atoms with Gasteiger partial charge in [0.15, 0.2) is 5.78 Å². The zero-order valence-corrected chi connectivity index (χ0v) is 12.0. The fourth-order valence-corrected chi connectivity index (χ4v) is 2.08. The van der Waals surface area contributed by atoms with Gasteiger partial charge in [0, 0.05) is 11.3 Å². The predicted molar refractivity (Wildman–Crippen MR) is 82.2 cm³/mol. The van der Waals surface area contributed by atoms with Gasteiger partial charge in [-0.1, -0.05) is 30.3 Å². The summed E-state index contributed by atoms with van der Waals surface area (Å²) in [7, 11) is 0. The summed E-state index contributed by atoms with van der Waals surface area (Å²) in [6.45, 7) is 1.45. The number of aromatic carboxylic acids is 1. The summed E-state index contributed by atoms with van der Waals surface area (Å²) in [4.78, 5) is 34.5. The number of hydrogen-bond acceptors (Lipinski definition) is 3. The van der Waals surface area contributed by atoms with Crippen LogP contribution in [0.2, 0.25) is 0 Å². The largest absolute Gasteiger partial charge is 0.478 e. The number of nitrogens with one attached hydrogen (secondary N) is 1. The highest BCUT2D eigenvalue weighted by molar-refractivity contribution is 5.98. The zero-order valence-electron chi connectivity index (χ0n) is 12.0. The summed E-state index contributed by atoms with van der Waals surface area (Å²) in [5.41, 5.74) is 1.56. The van der Waals surface area contributed by atoms with Gasteiger partial charge in [0.2, 0.25) is 5.91 Å². The molecule has 0 bridgehead atoms. The first-order valence-corrected chi connectivity index (χ1v) is 6.69. The van der Waals surface area contributed by atoms with Crippen molar-refractivity contribution in [1.29, 1.82) is 0 Å². The van der Waals surface area contributed by atoms with Gasteiger partial charge in [-0.2, -0.15) is 0 Å². The smallest absolute Gasteiger partial charge is 0.335 e. The molecule has 5 nitrogen and oxygen atoms in total. The van der Waals surface area contributed by atoms with E-state index in [0.717, 1.165) is 0 Å². The molecule has 0 heterocycles. The second-order valence-corrected chi connectivity index (χ2v) is 4.82. The minimum Gasteiger partial charge on any atom is -0.478 e. The lowest BCUT2D eigenvalue weighted by atomic mass is 10.0. The lowest BCUT2D eigenvalue weighted by Crippen LogP contribution is -2.16. The standard InChI is InChI=1S/C17H15NO4/c1-11(19)12-6-4-7-14(9-12)18-16(20)10-13-5-2-3-8-15(13)17(21)22/h2-9H,10H2,1H3,(H,18,20)(H,21,22). The molecular weight excluding hydrogens is 282 g/mol. The molecule has 0 saturated heterocycles. The Labute approximate surface area is 127 Å². The first kappa shape index (κ1) is 15.4. The van der Waals surface area contributed by atoms with Crippen LogP contribution in [-0.4, -0.2) is 22.8 Å². The molecule has 112 valence electrons. The molecule has 0 fully saturated rings. The first-order valence-electron chi connectivity index (χ1n) is 6.69. The molecule has 0 aliphatic heterocycles. The van der Waals surface area contributed by atoms with Crippen molar-refractivity contribution in [2.45, 2.75) is 13.3 Å². The maximum atomic E-state index is 12.0. The third kappa shape index (κ3) is 3.79. The maximum Gasteiger partial charge on any atom is 0.335 e. The van der Waals surface area contributed by atoms with Crippen molar-refractivity contribution in [1.82, 2.24) is 0 Å². The second kappa shape index (κ2) is 6.67. The normalized spacial score (nSPS) is 10.0. The molecule has 2 aromatic rings. The van der Waals surface area contributed by atoms with Crippen LogP contribution < -0.4 is 5.32 Å². The maximum absolute atomic E-state index is 12.0. The van der Waals surface area contributed by atoms with E-state index in [4.69, 9.17) is 5.11 Å². The fourth-order valence-electron chi connectivity index (χ4n) is 2.08. The van der Waals surface area contributed by atoms with Crippen molar-refractivity contribution in [3.05, 3.63) is 65.2 Å². The highest BCUT2D eigenvalue weighted by Gasteiger charge is 2.12. The van der Waals surface area contributed by atoms with Crippen LogP contribution in [0.1, 0.15) is 33.2 Å². The van der Waals surface area contributed by atoms with Gasteiger partial charge in [0.05, 0.1) is 12.0 Å². The summed E-state index contributed by atoms with van der Waals surface area (Å²) >= 11 is 0. The molecule has 0 saturated carbocycles. The van der Waals surface area contributed by atoms with Gasteiger partial charge < -0.3 is 10.4 Å². The summed E-state index contributed by atoms with van der Waals surface area (Å²) in [5.74, 6) is -1.50. The van der Waals surface area contributed by atoms with Crippen molar-refractivity contribution < 1.29 is 19.5 Å². The van der Waals surface area contributed by atoms with E-state index < -0.39 is 5.97 Å². The van der Waals surface area contributed by atoms with Crippen LogP contribution >= 0.6 is 0 Å². The van der Waals surface area contributed by atoms with Gasteiger partial charge in [0.25, 0.3) is 0 Å². The Kier molecular flexibility index (Phi) is 4.68. The van der Waals surface area contributed by atoms with E-state index in [-0.39, 0.29) is 23.7 Å². The monoisotopic (exact) mass is 297 g/mol. The Morgan fingerprint density at radius 2 is 1.77 bits per heavy atom. The van der Waals surface area contributed by atoms with Crippen LogP contribution in [-0.2, 0) is 11.2 Å². The van der Waals surface area contributed by atoms with Gasteiger partial charge in [-0.15, -0.1) is 0 Å². The molecule has 22 heavy (non-hydrogen) atoms. The average molecular weight is 297 g/mol. The van der Waals surface area contributed by atoms with Crippen LogP contribution in [0.25, 0.3) is 0 Å². The number of carbonyl (C=O) groups excluding carboxylic acids is 2. The van der Waals surface area contributed by atoms with E-state index in [2.05, 4.69) is 5.32 Å². The van der Waals surface area contributed by atoms with Crippen molar-refractivity contribution in [3.8, 4) is 0 Å². The number of ketones is 1. The van der Waals surface area contributed by atoms with E-state index in [9.17, 15) is 14.4 Å². The molecule has 0 aliphatic rings. The SMILES string of the molecule is CC(=O)c1cccc(NC(=O)Cc2ccccc2C(=O)O)c1. The minimum absolute atomic E-state index is 0.0488. The Morgan fingerprint density at radius 3 is 2.45 bits per heavy atom. The summed E-state index contributed by atoms with van der Waals surface area (Å²) in [6, 6.07) is 13.0. The fraction of sp³-hybridized carbons (Fsp3) is 0.118. The van der Waals surface area contributed by atoms with Crippen molar-refractivity contribution >= 4 is 23.3 Å². The van der Waals surface area contributed by atoms with E-state index in [1.807, 2.05) is 0 Å². The molecule has 0 aromatic heterocycles. The molecule has 0 radical (unpaired) electrons. The Balaban J connectivity index is 2.12. The third-order valence-corrected chi connectivity index (χ3v) is 3.15. The van der Waals surface area contributed by atoms with Crippen LogP contribution in [0.4, 0.5) is 5.69 Å². The molecule has 5 heteroatoms. The summed E-state index contributed by atoms with van der Waals surface area (Å²) < 4.78 is 0. The molecule has 2 aromatic carbocycles. The molecule has 2 N–H and O–H groups in total. The minimum atomic E-state index is -1.07. The van der Waals surface area contributed by atoms with E-state index >= 15 is 0 Å². The van der Waals surface area contributed by atoms with Crippen molar-refractivity contribution in [3.63, 3.8) is 0 Å². The molecule has 0 spiro atoms. The molecule has 0 atom stereocenters. The highest BCUT2D eigenvalue weighted by Crippen LogP contribution is 2.14.